The Bertz CT molecular complexity index is 1130. The van der Waals surface area contributed by atoms with Crippen LogP contribution in [0.4, 0.5) is 15.9 Å². The molecule has 0 bridgehead atoms. The van der Waals surface area contributed by atoms with E-state index in [4.69, 9.17) is 16.3 Å². The molecule has 1 aromatic heterocycles. The Labute approximate surface area is 182 Å². The summed E-state index contributed by atoms with van der Waals surface area (Å²) in [7, 11) is 1.53. The molecule has 2 heterocycles. The zero-order valence-electron chi connectivity index (χ0n) is 16.7. The van der Waals surface area contributed by atoms with Crippen molar-refractivity contribution in [3.05, 3.63) is 53.1 Å². The Morgan fingerprint density at radius 1 is 1.39 bits per heavy atom. The number of halogens is 2. The van der Waals surface area contributed by atoms with Crippen molar-refractivity contribution in [3.8, 4) is 5.75 Å². The van der Waals surface area contributed by atoms with Crippen LogP contribution in [0.5, 0.6) is 5.75 Å². The number of β-amino-alcohol motifs (C(OH)–C–C–N with tert-alkyl or cyclic N) is 1. The van der Waals surface area contributed by atoms with Gasteiger partial charge in [-0.15, -0.1) is 0 Å². The van der Waals surface area contributed by atoms with Gasteiger partial charge in [0.1, 0.15) is 17.9 Å². The molecule has 0 unspecified atom stereocenters. The van der Waals surface area contributed by atoms with Crippen LogP contribution in [0.1, 0.15) is 12.0 Å². The van der Waals surface area contributed by atoms with Crippen LogP contribution >= 0.6 is 11.6 Å². The number of ether oxygens (including phenoxy) is 1. The maximum atomic E-state index is 14.3. The van der Waals surface area contributed by atoms with E-state index in [0.29, 0.717) is 41.0 Å². The van der Waals surface area contributed by atoms with Crippen LogP contribution in [0.15, 0.2) is 36.7 Å². The third-order valence-electron chi connectivity index (χ3n) is 5.12. The van der Waals surface area contributed by atoms with Crippen molar-refractivity contribution in [2.24, 2.45) is 0 Å². The lowest BCUT2D eigenvalue weighted by atomic mass is 10.1. The summed E-state index contributed by atoms with van der Waals surface area (Å²) in [6.45, 7) is 0.593. The minimum absolute atomic E-state index is 0.000858. The summed E-state index contributed by atoms with van der Waals surface area (Å²) in [5.74, 6) is 0.151. The number of aliphatic hydroxyl groups excluding tert-OH is 1. The van der Waals surface area contributed by atoms with Crippen molar-refractivity contribution in [2.75, 3.05) is 19.0 Å². The monoisotopic (exact) mass is 445 g/mol. The highest BCUT2D eigenvalue weighted by molar-refractivity contribution is 6.31. The molecule has 4 N–H and O–H groups in total. The van der Waals surface area contributed by atoms with E-state index < -0.39 is 18.0 Å². The van der Waals surface area contributed by atoms with Gasteiger partial charge >= 0.3 is 0 Å². The first kappa shape index (κ1) is 21.2. The Morgan fingerprint density at radius 2 is 2.23 bits per heavy atom. The molecule has 2 aromatic carbocycles. The van der Waals surface area contributed by atoms with Gasteiger partial charge in [-0.05, 0) is 24.6 Å². The predicted molar refractivity (Wildman–Crippen MR) is 115 cm³/mol. The van der Waals surface area contributed by atoms with Gasteiger partial charge in [0.2, 0.25) is 5.91 Å². The molecule has 1 fully saturated rings. The highest BCUT2D eigenvalue weighted by atomic mass is 35.5. The summed E-state index contributed by atoms with van der Waals surface area (Å²) in [6, 6.07) is 7.74. The van der Waals surface area contributed by atoms with Gasteiger partial charge < -0.3 is 25.8 Å². The van der Waals surface area contributed by atoms with Gasteiger partial charge in [0.15, 0.2) is 5.82 Å². The number of hydrogen-bond acceptors (Lipinski definition) is 7. The number of nitrogens with one attached hydrogen (secondary N) is 3. The van der Waals surface area contributed by atoms with E-state index in [1.807, 2.05) is 0 Å². The number of carbonyl (C=O) groups excluding carboxylic acids is 1. The lowest BCUT2D eigenvalue weighted by Gasteiger charge is -2.15. The molecule has 0 aliphatic carbocycles. The Hall–Kier alpha value is -3.01. The fourth-order valence-electron chi connectivity index (χ4n) is 3.51. The van der Waals surface area contributed by atoms with Crippen molar-refractivity contribution < 1.29 is 19.0 Å². The van der Waals surface area contributed by atoms with Gasteiger partial charge in [0.25, 0.3) is 0 Å². The quantitative estimate of drug-likeness (QED) is 0.461. The molecule has 162 valence electrons. The van der Waals surface area contributed by atoms with E-state index in [2.05, 4.69) is 25.9 Å². The zero-order valence-corrected chi connectivity index (χ0v) is 17.4. The second kappa shape index (κ2) is 9.01. The molecule has 10 heteroatoms. The van der Waals surface area contributed by atoms with Crippen molar-refractivity contribution in [1.82, 2.24) is 20.6 Å². The first-order valence-corrected chi connectivity index (χ1v) is 10.1. The van der Waals surface area contributed by atoms with E-state index in [1.54, 1.807) is 24.3 Å². The second-order valence-electron chi connectivity index (χ2n) is 7.20. The summed E-state index contributed by atoms with van der Waals surface area (Å²) in [4.78, 5) is 20.9. The van der Waals surface area contributed by atoms with E-state index >= 15 is 0 Å². The molecule has 31 heavy (non-hydrogen) atoms. The Kier molecular flexibility index (Phi) is 6.17. The molecule has 4 rings (SSSR count). The van der Waals surface area contributed by atoms with E-state index in [0.717, 1.165) is 0 Å². The largest absolute Gasteiger partial charge is 0.496 e. The molecule has 1 saturated heterocycles. The van der Waals surface area contributed by atoms with Gasteiger partial charge in [0, 0.05) is 30.1 Å². The second-order valence-corrected chi connectivity index (χ2v) is 7.61. The molecular formula is C21H21ClFN5O3. The summed E-state index contributed by atoms with van der Waals surface area (Å²) in [5.41, 5.74) is 1.47. The maximum absolute atomic E-state index is 14.3. The van der Waals surface area contributed by atoms with Crippen LogP contribution in [0.2, 0.25) is 5.02 Å². The topological polar surface area (TPSA) is 108 Å². The first-order chi connectivity index (χ1) is 15.0. The molecule has 1 aliphatic heterocycles. The maximum Gasteiger partial charge on any atom is 0.237 e. The molecule has 0 spiro atoms. The van der Waals surface area contributed by atoms with Crippen LogP contribution in [0.25, 0.3) is 10.9 Å². The number of aromatic nitrogens is 2. The molecule has 1 amide bonds. The number of amides is 1. The van der Waals surface area contributed by atoms with Crippen molar-refractivity contribution >= 4 is 39.9 Å². The van der Waals surface area contributed by atoms with Gasteiger partial charge in [-0.25, -0.2) is 14.4 Å². The number of carbonyl (C=O) groups is 1. The lowest BCUT2D eigenvalue weighted by Crippen LogP contribution is -2.40. The number of fused-ring (bicyclic) bond motifs is 1. The Balaban J connectivity index is 1.62. The average Bonchev–Trinajstić information content (AvgIpc) is 3.21. The highest BCUT2D eigenvalue weighted by Gasteiger charge is 2.28. The average molecular weight is 446 g/mol. The number of nitrogens with zero attached hydrogens (tertiary/aromatic N) is 2. The van der Waals surface area contributed by atoms with Gasteiger partial charge in [0.05, 0.1) is 35.5 Å². The summed E-state index contributed by atoms with van der Waals surface area (Å²) < 4.78 is 19.8. The fraction of sp³-hybridized carbons (Fsp3) is 0.286. The molecule has 0 saturated carbocycles. The van der Waals surface area contributed by atoms with E-state index in [9.17, 15) is 14.3 Å². The summed E-state index contributed by atoms with van der Waals surface area (Å²) in [6.07, 6.45) is 1.21. The highest BCUT2D eigenvalue weighted by Crippen LogP contribution is 2.31. The molecule has 1 aliphatic rings. The van der Waals surface area contributed by atoms with Crippen molar-refractivity contribution in [2.45, 2.75) is 25.1 Å². The third-order valence-corrected chi connectivity index (χ3v) is 5.41. The third kappa shape index (κ3) is 4.53. The summed E-state index contributed by atoms with van der Waals surface area (Å²) >= 11 is 5.87. The van der Waals surface area contributed by atoms with Gasteiger partial charge in [-0.2, -0.15) is 0 Å². The normalized spacial score (nSPS) is 18.2. The van der Waals surface area contributed by atoms with Gasteiger partial charge in [-0.1, -0.05) is 17.7 Å². The van der Waals surface area contributed by atoms with Crippen LogP contribution in [-0.4, -0.2) is 46.8 Å². The number of aliphatic hydroxyl groups is 1. The minimum atomic E-state index is -0.580. The molecular weight excluding hydrogens is 425 g/mol. The van der Waals surface area contributed by atoms with Crippen LogP contribution in [0.3, 0.4) is 0 Å². The van der Waals surface area contributed by atoms with Crippen molar-refractivity contribution in [1.29, 1.82) is 0 Å². The smallest absolute Gasteiger partial charge is 0.237 e. The number of methoxy groups -OCH3 is 1. The molecule has 2 atom stereocenters. The number of hydrogen-bond donors (Lipinski definition) is 4. The van der Waals surface area contributed by atoms with Crippen LogP contribution in [0, 0.1) is 5.82 Å². The SMILES string of the molecule is COc1cc2ncnc(Nc3cccc(Cl)c3F)c2cc1CNC(=O)[C@H]1C[C@@H](O)CN1. The van der Waals surface area contributed by atoms with E-state index in [-0.39, 0.29) is 23.2 Å². The minimum Gasteiger partial charge on any atom is -0.496 e. The number of rotatable bonds is 6. The molecule has 3 aromatic rings. The lowest BCUT2D eigenvalue weighted by molar-refractivity contribution is -0.123. The molecule has 0 radical (unpaired) electrons. The zero-order chi connectivity index (χ0) is 22.0. The van der Waals surface area contributed by atoms with Crippen molar-refractivity contribution in [3.63, 3.8) is 0 Å². The van der Waals surface area contributed by atoms with Crippen LogP contribution < -0.4 is 20.7 Å². The van der Waals surface area contributed by atoms with E-state index in [1.165, 1.54) is 19.5 Å². The fourth-order valence-corrected chi connectivity index (χ4v) is 3.68. The standard InChI is InChI=1S/C21H21ClFN5O3/c1-31-18-7-16-13(5-11(18)8-25-21(30)17-6-12(29)9-24-17)20(27-10-26-16)28-15-4-2-3-14(22)19(15)23/h2-5,7,10,12,17,24,29H,6,8-9H2,1H3,(H,25,30)(H,26,27,28)/t12-,17-/m1/s1. The Morgan fingerprint density at radius 3 is 2.97 bits per heavy atom. The first-order valence-electron chi connectivity index (χ1n) is 9.68. The molecule has 8 nitrogen and oxygen atoms in total. The number of anilines is 2. The summed E-state index contributed by atoms with van der Waals surface area (Å²) in [5, 5.41) is 19.0. The van der Waals surface area contributed by atoms with Crippen LogP contribution in [-0.2, 0) is 11.3 Å². The predicted octanol–water partition coefficient (Wildman–Crippen LogP) is 2.51. The van der Waals surface area contributed by atoms with Gasteiger partial charge in [-0.3, -0.25) is 4.79 Å². The number of benzene rings is 2.